The standard InChI is InChI=1S/2C47H31N5.C41H28N4/c1-47(2)39-24-30(28-48)18-21-45(39)52(46-22-19-31(29-49)25-40(46)47)33-11-9-10-32(26-33)50-43-17-8-5-14-37(43)38-27-34(20-23-44(38)50)51-41-15-6-3-12-35(41)36-13-4-7-16-42(36)51;1-47(2)39-25-30(28-48)15-22-45(39)51(46-23-16-31(29-49)26-40(46)47)33-19-17-32(18-20-33)50-43-14-8-5-11-37(43)38-27-34(21-24-44(38)50)52-41-12-6-3-9-35(41)36-10-4-7-13-42(36)52;1-41(2)35-21-27(25-42)17-19-39(35)45(40-20-18-28(26-43)22-36(40)41)32-12-8-10-30(24-32)29-9-7-11-31(23-29)44-37-15-5-3-13-33(37)34-14-4-6-16-38(34)44/h2*3-27H,1-2H3;3-24H,1-2H3. The molecule has 0 aliphatic carbocycles. The molecule has 28 rings (SSSR count). The Balaban J connectivity index is 0.000000113. The number of rotatable bonds is 9. The summed E-state index contributed by atoms with van der Waals surface area (Å²) in [5.41, 5.74) is 37.4. The van der Waals surface area contributed by atoms with Gasteiger partial charge in [0.1, 0.15) is 0 Å². The summed E-state index contributed by atoms with van der Waals surface area (Å²) in [6.45, 7) is 13.0. The lowest BCUT2D eigenvalue weighted by atomic mass is 9.72. The molecule has 0 saturated carbocycles. The molecule has 5 aromatic heterocycles. The van der Waals surface area contributed by atoms with Gasteiger partial charge in [0, 0.05) is 116 Å². The van der Waals surface area contributed by atoms with Crippen LogP contribution in [0.2, 0.25) is 0 Å². The Bertz CT molecular complexity index is 9930. The van der Waals surface area contributed by atoms with Crippen molar-refractivity contribution in [3.8, 4) is 76.0 Å². The number of benzene rings is 20. The lowest BCUT2D eigenvalue weighted by molar-refractivity contribution is 0.631. The highest BCUT2D eigenvalue weighted by Gasteiger charge is 2.42. The Morgan fingerprint density at radius 3 is 0.624 bits per heavy atom. The van der Waals surface area contributed by atoms with Crippen molar-refractivity contribution in [3.05, 3.63) is 504 Å². The minimum atomic E-state index is -0.417. The molecule has 20 aromatic carbocycles. The second-order valence-corrected chi connectivity index (χ2v) is 40.3. The predicted molar refractivity (Wildman–Crippen MR) is 605 cm³/mol. The highest BCUT2D eigenvalue weighted by Crippen LogP contribution is 2.58. The summed E-state index contributed by atoms with van der Waals surface area (Å²) in [5, 5.41) is 70.9. The molecule has 0 fully saturated rings. The van der Waals surface area contributed by atoms with Gasteiger partial charge in [-0.1, -0.05) is 217 Å². The number of aromatic nitrogens is 5. The minimum Gasteiger partial charge on any atom is -0.310 e. The second-order valence-electron chi connectivity index (χ2n) is 40.3. The van der Waals surface area contributed by atoms with Gasteiger partial charge in [-0.3, -0.25) is 0 Å². The quantitative estimate of drug-likeness (QED) is 0.136. The van der Waals surface area contributed by atoms with Crippen molar-refractivity contribution in [2.45, 2.75) is 57.8 Å². The van der Waals surface area contributed by atoms with Crippen LogP contribution in [0.5, 0.6) is 0 Å². The summed E-state index contributed by atoms with van der Waals surface area (Å²) in [5.74, 6) is 0. The van der Waals surface area contributed by atoms with Crippen LogP contribution >= 0.6 is 0 Å². The van der Waals surface area contributed by atoms with Crippen LogP contribution in [0.25, 0.3) is 149 Å². The average Bonchev–Trinajstić information content (AvgIpc) is 1.67. The van der Waals surface area contributed by atoms with Gasteiger partial charge in [-0.15, -0.1) is 0 Å². The van der Waals surface area contributed by atoms with E-state index in [2.05, 4.69) is 455 Å². The number of hydrogen-bond donors (Lipinski definition) is 0. The summed E-state index contributed by atoms with van der Waals surface area (Å²) in [6, 6.07) is 167. The van der Waals surface area contributed by atoms with E-state index in [1.165, 1.54) is 87.0 Å². The molecule has 700 valence electrons. The number of nitrogens with zero attached hydrogens (tertiary/aromatic N) is 14. The number of hydrogen-bond acceptors (Lipinski definition) is 9. The van der Waals surface area contributed by atoms with E-state index in [1.807, 2.05) is 97.1 Å². The van der Waals surface area contributed by atoms with Crippen LogP contribution in [0.4, 0.5) is 51.2 Å². The lowest BCUT2D eigenvalue weighted by Crippen LogP contribution is -2.31. The molecule has 0 N–H and O–H groups in total. The fourth-order valence-electron chi connectivity index (χ4n) is 24.0. The van der Waals surface area contributed by atoms with Crippen molar-refractivity contribution in [1.82, 2.24) is 22.8 Å². The Morgan fingerprint density at radius 2 is 0.349 bits per heavy atom. The molecule has 14 heteroatoms. The number of anilines is 9. The third-order valence-corrected chi connectivity index (χ3v) is 31.1. The Labute approximate surface area is 860 Å². The van der Waals surface area contributed by atoms with Crippen molar-refractivity contribution in [2.24, 2.45) is 0 Å². The Morgan fingerprint density at radius 1 is 0.154 bits per heavy atom. The van der Waals surface area contributed by atoms with Gasteiger partial charge in [-0.05, 0) is 305 Å². The molecule has 0 spiro atoms. The van der Waals surface area contributed by atoms with Crippen LogP contribution in [0.15, 0.2) is 437 Å². The summed E-state index contributed by atoms with van der Waals surface area (Å²) in [4.78, 5) is 6.79. The van der Waals surface area contributed by atoms with E-state index >= 15 is 0 Å². The SMILES string of the molecule is CC1(C)c2cc(C#N)ccc2N(c2ccc(-n3c4ccccc4c4cc(-n5c6ccccc6c6ccccc65)ccc43)cc2)c2ccc(C#N)cc21.CC1(C)c2cc(C#N)ccc2N(c2cccc(-c3cccc(-n4c5ccccc5c5ccccc54)c3)c2)c2ccc(C#N)cc21.CC1(C)c2cc(C#N)ccc2N(c2cccc(-n3c4ccccc4c4cc(-n5c6ccccc6c6ccccc65)ccc43)c2)c2ccc(C#N)cc21. The van der Waals surface area contributed by atoms with Crippen LogP contribution in [0.3, 0.4) is 0 Å². The molecule has 3 aliphatic heterocycles. The van der Waals surface area contributed by atoms with Gasteiger partial charge in [0.05, 0.1) is 159 Å². The van der Waals surface area contributed by atoms with Gasteiger partial charge >= 0.3 is 0 Å². The highest BCUT2D eigenvalue weighted by atomic mass is 15.2. The van der Waals surface area contributed by atoms with Crippen molar-refractivity contribution >= 4 is 160 Å². The summed E-state index contributed by atoms with van der Waals surface area (Å²) in [6.07, 6.45) is 0. The van der Waals surface area contributed by atoms with E-state index < -0.39 is 16.2 Å². The van der Waals surface area contributed by atoms with E-state index in [1.54, 1.807) is 0 Å². The minimum absolute atomic E-state index is 0.394. The molecule has 0 saturated heterocycles. The third kappa shape index (κ3) is 14.0. The summed E-state index contributed by atoms with van der Waals surface area (Å²) >= 11 is 0. The molecule has 149 heavy (non-hydrogen) atoms. The zero-order valence-electron chi connectivity index (χ0n) is 82.3. The first-order valence-corrected chi connectivity index (χ1v) is 50.0. The summed E-state index contributed by atoms with van der Waals surface area (Å²) < 4.78 is 11.8. The van der Waals surface area contributed by atoms with Crippen molar-refractivity contribution in [3.63, 3.8) is 0 Å². The molecule has 0 radical (unpaired) electrons. The summed E-state index contributed by atoms with van der Waals surface area (Å²) in [7, 11) is 0. The molecule has 25 aromatic rings. The molecule has 3 aliphatic rings. The molecule has 0 atom stereocenters. The van der Waals surface area contributed by atoms with E-state index in [9.17, 15) is 31.6 Å². The first-order chi connectivity index (χ1) is 72.9. The normalized spacial score (nSPS) is 13.2. The van der Waals surface area contributed by atoms with Gasteiger partial charge < -0.3 is 37.5 Å². The number of para-hydroxylation sites is 8. The number of fused-ring (bicyclic) bond motifs is 21. The van der Waals surface area contributed by atoms with Gasteiger partial charge in [-0.25, -0.2) is 0 Å². The van der Waals surface area contributed by atoms with E-state index in [0.717, 1.165) is 146 Å². The molecule has 14 nitrogen and oxygen atoms in total. The van der Waals surface area contributed by atoms with Crippen molar-refractivity contribution < 1.29 is 0 Å². The van der Waals surface area contributed by atoms with Gasteiger partial charge in [0.25, 0.3) is 0 Å². The third-order valence-electron chi connectivity index (χ3n) is 31.1. The van der Waals surface area contributed by atoms with Crippen molar-refractivity contribution in [2.75, 3.05) is 14.7 Å². The fourth-order valence-corrected chi connectivity index (χ4v) is 24.0. The largest absolute Gasteiger partial charge is 0.310 e. The monoisotopic (exact) mass is 1910 g/mol. The fraction of sp³-hybridized carbons (Fsp3) is 0.0667. The van der Waals surface area contributed by atoms with Crippen LogP contribution in [0, 0.1) is 68.0 Å². The molecular weight excluding hydrogens is 1820 g/mol. The smallest absolute Gasteiger partial charge is 0.0991 e. The van der Waals surface area contributed by atoms with E-state index in [-0.39, 0.29) is 0 Å². The Kier molecular flexibility index (Phi) is 20.6. The molecule has 0 unspecified atom stereocenters. The lowest BCUT2D eigenvalue weighted by Gasteiger charge is -2.42. The number of nitriles is 6. The predicted octanol–water partition coefficient (Wildman–Crippen LogP) is 33.8. The zero-order chi connectivity index (χ0) is 101. The van der Waals surface area contributed by atoms with Crippen LogP contribution < -0.4 is 14.7 Å². The molecule has 8 heterocycles. The second kappa shape index (κ2) is 34.5. The van der Waals surface area contributed by atoms with Gasteiger partial charge in [-0.2, -0.15) is 31.6 Å². The van der Waals surface area contributed by atoms with Crippen LogP contribution in [0.1, 0.15) is 108 Å². The van der Waals surface area contributed by atoms with E-state index in [0.29, 0.717) is 33.4 Å². The molecule has 0 amide bonds. The molecular formula is C135H90N14. The topological polar surface area (TPSA) is 177 Å². The highest BCUT2D eigenvalue weighted by molar-refractivity contribution is 6.16. The molecule has 0 bridgehead atoms. The first-order valence-electron chi connectivity index (χ1n) is 50.0. The zero-order valence-corrected chi connectivity index (χ0v) is 82.3. The maximum Gasteiger partial charge on any atom is 0.0991 e. The average molecular weight is 1910 g/mol. The van der Waals surface area contributed by atoms with Crippen LogP contribution in [-0.4, -0.2) is 22.8 Å². The first kappa shape index (κ1) is 88.9. The maximum absolute atomic E-state index is 9.84. The van der Waals surface area contributed by atoms with Crippen LogP contribution in [-0.2, 0) is 16.2 Å². The van der Waals surface area contributed by atoms with Crippen molar-refractivity contribution in [1.29, 1.82) is 31.6 Å². The van der Waals surface area contributed by atoms with Gasteiger partial charge in [0.2, 0.25) is 0 Å². The van der Waals surface area contributed by atoms with Gasteiger partial charge in [0.15, 0.2) is 0 Å². The van der Waals surface area contributed by atoms with E-state index in [4.69, 9.17) is 0 Å². The maximum atomic E-state index is 9.84. The Hall–Kier alpha value is -20.3.